The zero-order chi connectivity index (χ0) is 12.4. The Kier molecular flexibility index (Phi) is 3.28. The van der Waals surface area contributed by atoms with Gasteiger partial charge < -0.3 is 5.32 Å². The lowest BCUT2D eigenvalue weighted by Crippen LogP contribution is -2.33. The van der Waals surface area contributed by atoms with Crippen LogP contribution in [-0.4, -0.2) is 26.4 Å². The first-order chi connectivity index (χ1) is 8.83. The highest BCUT2D eigenvalue weighted by atomic mass is 35.5. The summed E-state index contributed by atoms with van der Waals surface area (Å²) >= 11 is 6.33. The maximum atomic E-state index is 6.33. The maximum Gasteiger partial charge on any atom is 0.180 e. The molecule has 2 heterocycles. The smallest absolute Gasteiger partial charge is 0.180 e. The van der Waals surface area contributed by atoms with E-state index >= 15 is 0 Å². The molecule has 1 aliphatic carbocycles. The summed E-state index contributed by atoms with van der Waals surface area (Å²) < 4.78 is 0. The highest BCUT2D eigenvalue weighted by molar-refractivity contribution is 6.21. The third-order valence-corrected chi connectivity index (χ3v) is 3.87. The summed E-state index contributed by atoms with van der Waals surface area (Å²) in [5.74, 6) is 0.834. The minimum atomic E-state index is 0.193. The third-order valence-electron chi connectivity index (χ3n) is 3.35. The molecule has 1 aliphatic rings. The minimum absolute atomic E-state index is 0.193. The first-order valence-electron chi connectivity index (χ1n) is 6.31. The maximum absolute atomic E-state index is 6.33. The van der Waals surface area contributed by atoms with Gasteiger partial charge in [-0.2, -0.15) is 0 Å². The van der Waals surface area contributed by atoms with Crippen molar-refractivity contribution < 1.29 is 0 Å². The van der Waals surface area contributed by atoms with Gasteiger partial charge in [-0.15, -0.1) is 11.6 Å². The predicted octanol–water partition coefficient (Wildman–Crippen LogP) is 2.99. The second-order valence-corrected chi connectivity index (χ2v) is 5.21. The number of aromatic nitrogens is 3. The summed E-state index contributed by atoms with van der Waals surface area (Å²) in [5.41, 5.74) is 1.48. The van der Waals surface area contributed by atoms with E-state index in [-0.39, 0.29) is 5.38 Å². The van der Waals surface area contributed by atoms with E-state index in [1.54, 1.807) is 12.4 Å². The fourth-order valence-electron chi connectivity index (χ4n) is 2.37. The normalized spacial score (nSPS) is 24.1. The SMILES string of the molecule is ClC1CCCCC1Nc1ccc2nccnc2n1. The van der Waals surface area contributed by atoms with Crippen LogP contribution in [0.2, 0.25) is 0 Å². The Labute approximate surface area is 111 Å². The van der Waals surface area contributed by atoms with Gasteiger partial charge in [0.2, 0.25) is 0 Å². The van der Waals surface area contributed by atoms with E-state index in [0.29, 0.717) is 11.7 Å². The molecule has 94 valence electrons. The highest BCUT2D eigenvalue weighted by Gasteiger charge is 2.23. The van der Waals surface area contributed by atoms with Crippen LogP contribution in [0, 0.1) is 0 Å². The Bertz CT molecular complexity index is 545. The molecule has 0 saturated heterocycles. The zero-order valence-electron chi connectivity index (χ0n) is 10.0. The summed E-state index contributed by atoms with van der Waals surface area (Å²) in [7, 11) is 0. The molecule has 4 nitrogen and oxygen atoms in total. The first kappa shape index (κ1) is 11.7. The fraction of sp³-hybridized carbons (Fsp3) is 0.462. The molecule has 3 rings (SSSR count). The molecule has 2 unspecified atom stereocenters. The summed E-state index contributed by atoms with van der Waals surface area (Å²) in [6.07, 6.45) is 7.97. The summed E-state index contributed by atoms with van der Waals surface area (Å²) in [6.45, 7) is 0. The van der Waals surface area contributed by atoms with Crippen molar-refractivity contribution in [2.75, 3.05) is 5.32 Å². The van der Waals surface area contributed by atoms with Gasteiger partial charge in [-0.3, -0.25) is 4.98 Å². The second-order valence-electron chi connectivity index (χ2n) is 4.65. The van der Waals surface area contributed by atoms with Gasteiger partial charge in [0.1, 0.15) is 11.3 Å². The quantitative estimate of drug-likeness (QED) is 0.846. The first-order valence-corrected chi connectivity index (χ1v) is 6.75. The Balaban J connectivity index is 1.81. The molecule has 2 aromatic rings. The van der Waals surface area contributed by atoms with Gasteiger partial charge in [0.05, 0.1) is 5.38 Å². The summed E-state index contributed by atoms with van der Waals surface area (Å²) in [4.78, 5) is 12.9. The number of pyridine rings is 1. The molecule has 0 spiro atoms. The van der Waals surface area contributed by atoms with Crippen LogP contribution in [0.3, 0.4) is 0 Å². The average molecular weight is 263 g/mol. The van der Waals surface area contributed by atoms with Crippen molar-refractivity contribution in [2.24, 2.45) is 0 Å². The van der Waals surface area contributed by atoms with Gasteiger partial charge >= 0.3 is 0 Å². The van der Waals surface area contributed by atoms with Gasteiger partial charge in [0, 0.05) is 18.4 Å². The molecule has 0 aliphatic heterocycles. The topological polar surface area (TPSA) is 50.7 Å². The van der Waals surface area contributed by atoms with E-state index < -0.39 is 0 Å². The van der Waals surface area contributed by atoms with Crippen molar-refractivity contribution in [1.82, 2.24) is 15.0 Å². The summed E-state index contributed by atoms with van der Waals surface area (Å²) in [6, 6.07) is 4.18. The monoisotopic (exact) mass is 262 g/mol. The molecule has 1 N–H and O–H groups in total. The van der Waals surface area contributed by atoms with E-state index in [1.807, 2.05) is 12.1 Å². The van der Waals surface area contributed by atoms with Gasteiger partial charge in [0.15, 0.2) is 5.65 Å². The van der Waals surface area contributed by atoms with Crippen LogP contribution in [0.1, 0.15) is 25.7 Å². The summed E-state index contributed by atoms with van der Waals surface area (Å²) in [5, 5.41) is 3.60. The molecule has 1 fully saturated rings. The van der Waals surface area contributed by atoms with Crippen molar-refractivity contribution in [1.29, 1.82) is 0 Å². The number of halogens is 1. The number of alkyl halides is 1. The highest BCUT2D eigenvalue weighted by Crippen LogP contribution is 2.25. The number of hydrogen-bond acceptors (Lipinski definition) is 4. The Morgan fingerprint density at radius 2 is 1.94 bits per heavy atom. The van der Waals surface area contributed by atoms with Crippen LogP contribution < -0.4 is 5.32 Å². The zero-order valence-corrected chi connectivity index (χ0v) is 10.8. The molecule has 5 heteroatoms. The van der Waals surface area contributed by atoms with Crippen LogP contribution in [0.25, 0.3) is 11.2 Å². The average Bonchev–Trinajstić information content (AvgIpc) is 2.41. The number of nitrogens with one attached hydrogen (secondary N) is 1. The molecule has 0 bridgehead atoms. The van der Waals surface area contributed by atoms with Crippen molar-refractivity contribution in [2.45, 2.75) is 37.1 Å². The lowest BCUT2D eigenvalue weighted by atomic mass is 9.95. The Morgan fingerprint density at radius 1 is 1.11 bits per heavy atom. The molecule has 0 radical (unpaired) electrons. The van der Waals surface area contributed by atoms with E-state index in [9.17, 15) is 0 Å². The molecule has 0 aromatic carbocycles. The second kappa shape index (κ2) is 5.06. The minimum Gasteiger partial charge on any atom is -0.366 e. The Hall–Kier alpha value is -1.42. The predicted molar refractivity (Wildman–Crippen MR) is 72.9 cm³/mol. The van der Waals surface area contributed by atoms with Crippen molar-refractivity contribution in [3.05, 3.63) is 24.5 Å². The van der Waals surface area contributed by atoms with Crippen LogP contribution in [0.5, 0.6) is 0 Å². The van der Waals surface area contributed by atoms with Gasteiger partial charge in [-0.25, -0.2) is 9.97 Å². The largest absolute Gasteiger partial charge is 0.366 e. The number of anilines is 1. The van der Waals surface area contributed by atoms with Crippen LogP contribution in [0.15, 0.2) is 24.5 Å². The van der Waals surface area contributed by atoms with Gasteiger partial charge in [0.25, 0.3) is 0 Å². The van der Waals surface area contributed by atoms with Crippen molar-refractivity contribution in [3.8, 4) is 0 Å². The molecule has 1 saturated carbocycles. The van der Waals surface area contributed by atoms with Crippen molar-refractivity contribution >= 4 is 28.6 Å². The Morgan fingerprint density at radius 3 is 2.83 bits per heavy atom. The number of nitrogens with zero attached hydrogens (tertiary/aromatic N) is 3. The molecule has 2 atom stereocenters. The van der Waals surface area contributed by atoms with E-state index in [0.717, 1.165) is 24.2 Å². The number of fused-ring (bicyclic) bond motifs is 1. The molecule has 2 aromatic heterocycles. The van der Waals surface area contributed by atoms with Crippen molar-refractivity contribution in [3.63, 3.8) is 0 Å². The van der Waals surface area contributed by atoms with Crippen LogP contribution >= 0.6 is 11.6 Å². The van der Waals surface area contributed by atoms with Crippen LogP contribution in [-0.2, 0) is 0 Å². The fourth-order valence-corrected chi connectivity index (χ4v) is 2.72. The lowest BCUT2D eigenvalue weighted by Gasteiger charge is -2.28. The number of hydrogen-bond donors (Lipinski definition) is 1. The molecule has 0 amide bonds. The van der Waals surface area contributed by atoms with Gasteiger partial charge in [-0.05, 0) is 25.0 Å². The standard InChI is InChI=1S/C13H15ClN4/c14-9-3-1-2-4-10(9)17-12-6-5-11-13(18-12)16-8-7-15-11/h5-10H,1-4H2,(H,16,17,18). The van der Waals surface area contributed by atoms with Crippen LogP contribution in [0.4, 0.5) is 5.82 Å². The van der Waals surface area contributed by atoms with E-state index in [2.05, 4.69) is 20.3 Å². The molecule has 18 heavy (non-hydrogen) atoms. The van der Waals surface area contributed by atoms with E-state index in [4.69, 9.17) is 11.6 Å². The number of rotatable bonds is 2. The van der Waals surface area contributed by atoms with Gasteiger partial charge in [-0.1, -0.05) is 12.8 Å². The molecular formula is C13H15ClN4. The van der Waals surface area contributed by atoms with E-state index in [1.165, 1.54) is 12.8 Å². The lowest BCUT2D eigenvalue weighted by molar-refractivity contribution is 0.469. The molecular weight excluding hydrogens is 248 g/mol. The third kappa shape index (κ3) is 2.38.